The van der Waals surface area contributed by atoms with E-state index in [2.05, 4.69) is 9.97 Å². The number of aryl methyl sites for hydroxylation is 1. The molecule has 2 aromatic heterocycles. The van der Waals surface area contributed by atoms with Crippen LogP contribution >= 0.6 is 22.9 Å². The Balaban J connectivity index is 2.00. The molecule has 2 aromatic rings. The number of aromatic amines is 1. The number of carbonyl (C=O) groups is 1. The Labute approximate surface area is 118 Å². The number of nitrogens with one attached hydrogen (secondary N) is 1. The maximum atomic E-state index is 11.7. The Bertz CT molecular complexity index is 650. The predicted molar refractivity (Wildman–Crippen MR) is 72.7 cm³/mol. The first-order valence-corrected chi connectivity index (χ1v) is 6.84. The lowest BCUT2D eigenvalue weighted by Crippen LogP contribution is -2.11. The monoisotopic (exact) mass is 298 g/mol. The van der Waals surface area contributed by atoms with Crippen molar-refractivity contribution in [2.45, 2.75) is 20.0 Å². The highest BCUT2D eigenvalue weighted by atomic mass is 35.5. The lowest BCUT2D eigenvalue weighted by atomic mass is 10.3. The fraction of sp³-hybridized carbons (Fsp3) is 0.250. The summed E-state index contributed by atoms with van der Waals surface area (Å²) in [7, 11) is 0. The highest BCUT2D eigenvalue weighted by Crippen LogP contribution is 2.12. The minimum Gasteiger partial charge on any atom is -0.456 e. The molecule has 0 bridgehead atoms. The molecular formula is C12H11ClN2O3S. The van der Waals surface area contributed by atoms with E-state index >= 15 is 0 Å². The van der Waals surface area contributed by atoms with Crippen molar-refractivity contribution in [3.63, 3.8) is 0 Å². The Morgan fingerprint density at radius 3 is 3.00 bits per heavy atom. The molecule has 0 unspecified atom stereocenters. The van der Waals surface area contributed by atoms with Crippen molar-refractivity contribution < 1.29 is 9.53 Å². The summed E-state index contributed by atoms with van der Waals surface area (Å²) >= 11 is 7.17. The molecule has 0 saturated carbocycles. The van der Waals surface area contributed by atoms with E-state index in [1.807, 2.05) is 12.3 Å². The Kier molecular flexibility index (Phi) is 4.34. The molecule has 5 nitrogen and oxygen atoms in total. The molecule has 2 heterocycles. The Morgan fingerprint density at radius 1 is 1.58 bits per heavy atom. The second-order valence-corrected chi connectivity index (χ2v) is 5.08. The molecular weight excluding hydrogens is 288 g/mol. The molecule has 0 aliphatic rings. The fourth-order valence-corrected chi connectivity index (χ4v) is 2.28. The van der Waals surface area contributed by atoms with Gasteiger partial charge in [-0.05, 0) is 12.5 Å². The van der Waals surface area contributed by atoms with E-state index in [4.69, 9.17) is 16.3 Å². The summed E-state index contributed by atoms with van der Waals surface area (Å²) in [5.41, 5.74) is 0.478. The molecule has 2 rings (SSSR count). The van der Waals surface area contributed by atoms with Gasteiger partial charge in [0.25, 0.3) is 5.56 Å². The van der Waals surface area contributed by atoms with Crippen LogP contribution in [0.2, 0.25) is 5.02 Å². The van der Waals surface area contributed by atoms with Gasteiger partial charge in [0, 0.05) is 11.6 Å². The van der Waals surface area contributed by atoms with Gasteiger partial charge < -0.3 is 9.72 Å². The zero-order chi connectivity index (χ0) is 13.8. The number of nitrogens with zero attached hydrogens (tertiary/aromatic N) is 1. The van der Waals surface area contributed by atoms with Crippen LogP contribution in [0.5, 0.6) is 0 Å². The molecule has 0 saturated heterocycles. The van der Waals surface area contributed by atoms with Gasteiger partial charge in [-0.1, -0.05) is 18.5 Å². The molecule has 0 aliphatic heterocycles. The van der Waals surface area contributed by atoms with Crippen molar-refractivity contribution >= 4 is 28.9 Å². The zero-order valence-corrected chi connectivity index (χ0v) is 11.7. The number of aromatic nitrogens is 2. The standard InChI is InChI=1S/C12H11ClN2O3S/c1-2-10-15-8(6-19-10)5-18-12(17)7-3-9(13)11(16)14-4-7/h3-4,6H,2,5H2,1H3,(H,14,16). The van der Waals surface area contributed by atoms with Crippen LogP contribution in [0.15, 0.2) is 22.4 Å². The number of pyridine rings is 1. The fourth-order valence-electron chi connectivity index (χ4n) is 1.37. The molecule has 0 fully saturated rings. The van der Waals surface area contributed by atoms with Gasteiger partial charge in [0.2, 0.25) is 0 Å². The predicted octanol–water partition coefficient (Wildman–Crippen LogP) is 2.40. The summed E-state index contributed by atoms with van der Waals surface area (Å²) in [5, 5.41) is 2.81. The van der Waals surface area contributed by atoms with Gasteiger partial charge in [0.15, 0.2) is 0 Å². The summed E-state index contributed by atoms with van der Waals surface area (Å²) in [5.74, 6) is -0.552. The molecule has 0 amide bonds. The van der Waals surface area contributed by atoms with Crippen molar-refractivity contribution in [2.24, 2.45) is 0 Å². The zero-order valence-electron chi connectivity index (χ0n) is 10.1. The van der Waals surface area contributed by atoms with Crippen LogP contribution in [0, 0.1) is 0 Å². The van der Waals surface area contributed by atoms with E-state index in [0.29, 0.717) is 5.69 Å². The van der Waals surface area contributed by atoms with Crippen LogP contribution in [0.4, 0.5) is 0 Å². The van der Waals surface area contributed by atoms with Crippen LogP contribution in [-0.2, 0) is 17.8 Å². The van der Waals surface area contributed by atoms with Crippen LogP contribution in [0.25, 0.3) is 0 Å². The van der Waals surface area contributed by atoms with E-state index in [1.54, 1.807) is 0 Å². The highest BCUT2D eigenvalue weighted by Gasteiger charge is 2.10. The molecule has 19 heavy (non-hydrogen) atoms. The first-order chi connectivity index (χ1) is 9.10. The first-order valence-electron chi connectivity index (χ1n) is 5.58. The summed E-state index contributed by atoms with van der Waals surface area (Å²) in [6.07, 6.45) is 2.13. The lowest BCUT2D eigenvalue weighted by molar-refractivity contribution is 0.0467. The molecule has 0 aromatic carbocycles. The largest absolute Gasteiger partial charge is 0.456 e. The summed E-state index contributed by atoms with van der Waals surface area (Å²) < 4.78 is 5.09. The van der Waals surface area contributed by atoms with Crippen molar-refractivity contribution in [3.05, 3.63) is 49.3 Å². The number of halogens is 1. The number of carbonyl (C=O) groups excluding carboxylic acids is 1. The Morgan fingerprint density at radius 2 is 2.37 bits per heavy atom. The molecule has 1 N–H and O–H groups in total. The van der Waals surface area contributed by atoms with Crippen molar-refractivity contribution in [3.8, 4) is 0 Å². The molecule has 100 valence electrons. The van der Waals surface area contributed by atoms with Gasteiger partial charge in [0.05, 0.1) is 16.3 Å². The molecule has 0 atom stereocenters. The van der Waals surface area contributed by atoms with E-state index in [-0.39, 0.29) is 17.2 Å². The van der Waals surface area contributed by atoms with Crippen LogP contribution < -0.4 is 5.56 Å². The molecule has 0 radical (unpaired) electrons. The number of hydrogen-bond donors (Lipinski definition) is 1. The smallest absolute Gasteiger partial charge is 0.340 e. The van der Waals surface area contributed by atoms with Gasteiger partial charge in [-0.25, -0.2) is 9.78 Å². The normalized spacial score (nSPS) is 10.4. The summed E-state index contributed by atoms with van der Waals surface area (Å²) in [4.78, 5) is 29.4. The average Bonchev–Trinajstić information content (AvgIpc) is 2.87. The topological polar surface area (TPSA) is 72.0 Å². The first kappa shape index (κ1) is 13.8. The van der Waals surface area contributed by atoms with Crippen LogP contribution in [0.1, 0.15) is 28.0 Å². The summed E-state index contributed by atoms with van der Waals surface area (Å²) in [6, 6.07) is 1.28. The minimum atomic E-state index is -0.552. The molecule has 0 spiro atoms. The quantitative estimate of drug-likeness (QED) is 0.880. The van der Waals surface area contributed by atoms with E-state index in [0.717, 1.165) is 11.4 Å². The maximum Gasteiger partial charge on any atom is 0.340 e. The number of rotatable bonds is 4. The third-order valence-electron chi connectivity index (χ3n) is 2.35. The van der Waals surface area contributed by atoms with E-state index in [1.165, 1.54) is 23.6 Å². The maximum absolute atomic E-state index is 11.7. The second kappa shape index (κ2) is 5.99. The van der Waals surface area contributed by atoms with Crippen LogP contribution in [0.3, 0.4) is 0 Å². The number of esters is 1. The Hall–Kier alpha value is -1.66. The second-order valence-electron chi connectivity index (χ2n) is 3.73. The number of thiazole rings is 1. The third kappa shape index (κ3) is 3.42. The highest BCUT2D eigenvalue weighted by molar-refractivity contribution is 7.09. The van der Waals surface area contributed by atoms with Gasteiger partial charge in [-0.15, -0.1) is 11.3 Å². The number of H-pyrrole nitrogens is 1. The van der Waals surface area contributed by atoms with Gasteiger partial charge in [-0.3, -0.25) is 4.79 Å². The molecule has 7 heteroatoms. The average molecular weight is 299 g/mol. The molecule has 0 aliphatic carbocycles. The van der Waals surface area contributed by atoms with Gasteiger partial charge >= 0.3 is 5.97 Å². The van der Waals surface area contributed by atoms with Crippen molar-refractivity contribution in [2.75, 3.05) is 0 Å². The number of ether oxygens (including phenoxy) is 1. The minimum absolute atomic E-state index is 0.0450. The van der Waals surface area contributed by atoms with Crippen LogP contribution in [-0.4, -0.2) is 15.9 Å². The van der Waals surface area contributed by atoms with E-state index < -0.39 is 11.5 Å². The third-order valence-corrected chi connectivity index (χ3v) is 3.67. The van der Waals surface area contributed by atoms with Gasteiger partial charge in [0.1, 0.15) is 11.6 Å². The SMILES string of the molecule is CCc1nc(COC(=O)c2c[nH]c(=O)c(Cl)c2)cs1. The van der Waals surface area contributed by atoms with E-state index in [9.17, 15) is 9.59 Å². The van der Waals surface area contributed by atoms with Crippen molar-refractivity contribution in [1.29, 1.82) is 0 Å². The van der Waals surface area contributed by atoms with Gasteiger partial charge in [-0.2, -0.15) is 0 Å². The van der Waals surface area contributed by atoms with Crippen molar-refractivity contribution in [1.82, 2.24) is 9.97 Å². The lowest BCUT2D eigenvalue weighted by Gasteiger charge is -2.02. The summed E-state index contributed by atoms with van der Waals surface area (Å²) in [6.45, 7) is 2.11. The number of hydrogen-bond acceptors (Lipinski definition) is 5.